The van der Waals surface area contributed by atoms with E-state index >= 15 is 0 Å². The van der Waals surface area contributed by atoms with Crippen molar-refractivity contribution in [2.45, 2.75) is 46.6 Å². The van der Waals surface area contributed by atoms with Crippen LogP contribution in [0.15, 0.2) is 0 Å². The third kappa shape index (κ3) is 3.95. The van der Waals surface area contributed by atoms with E-state index < -0.39 is 0 Å². The van der Waals surface area contributed by atoms with Crippen LogP contribution in [0, 0.1) is 11.3 Å². The van der Waals surface area contributed by atoms with Gasteiger partial charge in [-0.3, -0.25) is 4.79 Å². The van der Waals surface area contributed by atoms with Crippen LogP contribution in [-0.4, -0.2) is 61.0 Å². The van der Waals surface area contributed by atoms with Gasteiger partial charge in [0.2, 0.25) is 5.91 Å². The second-order valence-electron chi connectivity index (χ2n) is 7.48. The Bertz CT molecular complexity index is 325. The standard InChI is InChI=1S/C16H31N3O/c1-13(2)10-18-7-5-16(6-8-18)11-19(12-16)15(20)9-17-14(3)4/h13-14,17H,5-12H2,1-4H3. The Balaban J connectivity index is 1.69. The molecule has 1 amide bonds. The van der Waals surface area contributed by atoms with Crippen molar-refractivity contribution in [1.29, 1.82) is 0 Å². The minimum Gasteiger partial charge on any atom is -0.340 e. The van der Waals surface area contributed by atoms with E-state index in [9.17, 15) is 4.79 Å². The van der Waals surface area contributed by atoms with Gasteiger partial charge in [-0.25, -0.2) is 0 Å². The molecule has 20 heavy (non-hydrogen) atoms. The van der Waals surface area contributed by atoms with Crippen LogP contribution in [0.4, 0.5) is 0 Å². The summed E-state index contributed by atoms with van der Waals surface area (Å²) in [7, 11) is 0. The van der Waals surface area contributed by atoms with Crippen molar-refractivity contribution in [1.82, 2.24) is 15.1 Å². The predicted molar refractivity (Wildman–Crippen MR) is 82.7 cm³/mol. The quantitative estimate of drug-likeness (QED) is 0.831. The van der Waals surface area contributed by atoms with Gasteiger partial charge in [-0.05, 0) is 31.8 Å². The molecule has 0 aromatic carbocycles. The maximum Gasteiger partial charge on any atom is 0.236 e. The average Bonchev–Trinajstić information content (AvgIpc) is 2.33. The van der Waals surface area contributed by atoms with Gasteiger partial charge in [-0.15, -0.1) is 0 Å². The fourth-order valence-corrected chi connectivity index (χ4v) is 3.39. The first-order valence-electron chi connectivity index (χ1n) is 8.14. The maximum atomic E-state index is 12.0. The summed E-state index contributed by atoms with van der Waals surface area (Å²) in [6, 6.07) is 0.383. The molecule has 4 heteroatoms. The van der Waals surface area contributed by atoms with Crippen molar-refractivity contribution in [3.63, 3.8) is 0 Å². The number of likely N-dealkylation sites (tertiary alicyclic amines) is 2. The summed E-state index contributed by atoms with van der Waals surface area (Å²) in [5.41, 5.74) is 0.445. The third-order valence-electron chi connectivity index (χ3n) is 4.61. The number of nitrogens with one attached hydrogen (secondary N) is 1. The first-order chi connectivity index (χ1) is 9.40. The number of hydrogen-bond acceptors (Lipinski definition) is 3. The SMILES string of the molecule is CC(C)CN1CCC2(CC1)CN(C(=O)CNC(C)C)C2. The van der Waals surface area contributed by atoms with Crippen molar-refractivity contribution >= 4 is 5.91 Å². The Labute approximate surface area is 123 Å². The molecule has 116 valence electrons. The van der Waals surface area contributed by atoms with E-state index in [-0.39, 0.29) is 5.91 Å². The number of carbonyl (C=O) groups excluding carboxylic acids is 1. The van der Waals surface area contributed by atoms with Gasteiger partial charge in [0.1, 0.15) is 0 Å². The predicted octanol–water partition coefficient (Wildman–Crippen LogP) is 1.56. The monoisotopic (exact) mass is 281 g/mol. The zero-order valence-electron chi connectivity index (χ0n) is 13.6. The van der Waals surface area contributed by atoms with Crippen LogP contribution in [-0.2, 0) is 4.79 Å². The molecule has 0 aromatic rings. The second kappa shape index (κ2) is 6.44. The van der Waals surface area contributed by atoms with Crippen LogP contribution < -0.4 is 5.32 Å². The van der Waals surface area contributed by atoms with Gasteiger partial charge in [0, 0.05) is 31.1 Å². The van der Waals surface area contributed by atoms with Crippen LogP contribution in [0.5, 0.6) is 0 Å². The van der Waals surface area contributed by atoms with E-state index in [0.29, 0.717) is 18.0 Å². The Morgan fingerprint density at radius 3 is 2.25 bits per heavy atom. The van der Waals surface area contributed by atoms with Crippen LogP contribution in [0.3, 0.4) is 0 Å². The Kier molecular flexibility index (Phi) is 5.08. The molecule has 2 saturated heterocycles. The molecule has 0 saturated carbocycles. The lowest BCUT2D eigenvalue weighted by molar-refractivity contribution is -0.145. The highest BCUT2D eigenvalue weighted by Crippen LogP contribution is 2.40. The molecular weight excluding hydrogens is 250 g/mol. The molecule has 1 spiro atoms. The van der Waals surface area contributed by atoms with Crippen molar-refractivity contribution in [3.05, 3.63) is 0 Å². The molecule has 2 heterocycles. The minimum absolute atomic E-state index is 0.272. The van der Waals surface area contributed by atoms with Gasteiger partial charge in [0.25, 0.3) is 0 Å². The third-order valence-corrected chi connectivity index (χ3v) is 4.61. The molecule has 2 fully saturated rings. The lowest BCUT2D eigenvalue weighted by atomic mass is 9.72. The largest absolute Gasteiger partial charge is 0.340 e. The lowest BCUT2D eigenvalue weighted by Gasteiger charge is -2.54. The first-order valence-corrected chi connectivity index (χ1v) is 8.14. The molecule has 2 aliphatic rings. The van der Waals surface area contributed by atoms with Crippen LogP contribution in [0.25, 0.3) is 0 Å². The molecule has 2 rings (SSSR count). The molecule has 0 radical (unpaired) electrons. The Hall–Kier alpha value is -0.610. The van der Waals surface area contributed by atoms with E-state index in [2.05, 4.69) is 37.9 Å². The van der Waals surface area contributed by atoms with Crippen molar-refractivity contribution < 1.29 is 4.79 Å². The van der Waals surface area contributed by atoms with Crippen molar-refractivity contribution in [3.8, 4) is 0 Å². The Morgan fingerprint density at radius 2 is 1.75 bits per heavy atom. The number of amides is 1. The number of carbonyl (C=O) groups is 1. The van der Waals surface area contributed by atoms with E-state index in [1.165, 1.54) is 32.5 Å². The van der Waals surface area contributed by atoms with Crippen LogP contribution in [0.1, 0.15) is 40.5 Å². The Morgan fingerprint density at radius 1 is 1.15 bits per heavy atom. The van der Waals surface area contributed by atoms with E-state index in [4.69, 9.17) is 0 Å². The lowest BCUT2D eigenvalue weighted by Crippen LogP contribution is -2.63. The summed E-state index contributed by atoms with van der Waals surface area (Å²) in [5, 5.41) is 3.21. The molecule has 1 N–H and O–H groups in total. The summed E-state index contributed by atoms with van der Waals surface area (Å²) in [6.07, 6.45) is 2.53. The smallest absolute Gasteiger partial charge is 0.236 e. The number of rotatable bonds is 5. The highest BCUT2D eigenvalue weighted by molar-refractivity contribution is 5.79. The van der Waals surface area contributed by atoms with Gasteiger partial charge in [0.15, 0.2) is 0 Å². The molecule has 2 aliphatic heterocycles. The van der Waals surface area contributed by atoms with Crippen molar-refractivity contribution in [2.24, 2.45) is 11.3 Å². The first kappa shape index (κ1) is 15.8. The summed E-state index contributed by atoms with van der Waals surface area (Å²) < 4.78 is 0. The van der Waals surface area contributed by atoms with Crippen molar-refractivity contribution in [2.75, 3.05) is 39.3 Å². The number of piperidine rings is 1. The zero-order valence-corrected chi connectivity index (χ0v) is 13.6. The molecule has 0 bridgehead atoms. The second-order valence-corrected chi connectivity index (χ2v) is 7.48. The van der Waals surface area contributed by atoms with Crippen LogP contribution >= 0.6 is 0 Å². The zero-order chi connectivity index (χ0) is 14.8. The average molecular weight is 281 g/mol. The van der Waals surface area contributed by atoms with Gasteiger partial charge >= 0.3 is 0 Å². The molecule has 0 unspecified atom stereocenters. The van der Waals surface area contributed by atoms with Gasteiger partial charge in [0.05, 0.1) is 6.54 Å². The van der Waals surface area contributed by atoms with Gasteiger partial charge in [-0.1, -0.05) is 27.7 Å². The molecule has 0 aromatic heterocycles. The van der Waals surface area contributed by atoms with E-state index in [1.54, 1.807) is 0 Å². The molecule has 0 atom stereocenters. The van der Waals surface area contributed by atoms with Gasteiger partial charge < -0.3 is 15.1 Å². The summed E-state index contributed by atoms with van der Waals surface area (Å²) in [6.45, 7) is 14.8. The van der Waals surface area contributed by atoms with Gasteiger partial charge in [-0.2, -0.15) is 0 Å². The highest BCUT2D eigenvalue weighted by atomic mass is 16.2. The summed E-state index contributed by atoms with van der Waals surface area (Å²) >= 11 is 0. The summed E-state index contributed by atoms with van der Waals surface area (Å²) in [5.74, 6) is 1.03. The van der Waals surface area contributed by atoms with Crippen LogP contribution in [0.2, 0.25) is 0 Å². The number of nitrogens with zero attached hydrogens (tertiary/aromatic N) is 2. The normalized spacial score (nSPS) is 22.6. The summed E-state index contributed by atoms with van der Waals surface area (Å²) in [4.78, 5) is 16.6. The van der Waals surface area contributed by atoms with E-state index in [1.807, 2.05) is 4.90 Å². The molecule has 0 aliphatic carbocycles. The van der Waals surface area contributed by atoms with E-state index in [0.717, 1.165) is 19.0 Å². The molecular formula is C16H31N3O. The number of hydrogen-bond donors (Lipinski definition) is 1. The fraction of sp³-hybridized carbons (Fsp3) is 0.938. The highest BCUT2D eigenvalue weighted by Gasteiger charge is 2.46. The minimum atomic E-state index is 0.272. The maximum absolute atomic E-state index is 12.0. The molecule has 4 nitrogen and oxygen atoms in total. The fourth-order valence-electron chi connectivity index (χ4n) is 3.39. The topological polar surface area (TPSA) is 35.6 Å².